The molecular weight excluding hydrogens is 198 g/mol. The van der Waals surface area contributed by atoms with Crippen molar-refractivity contribution in [3.8, 4) is 0 Å². The summed E-state index contributed by atoms with van der Waals surface area (Å²) in [6.07, 6.45) is 11.1. The molecule has 1 unspecified atom stereocenters. The lowest BCUT2D eigenvalue weighted by molar-refractivity contribution is 0.108. The summed E-state index contributed by atoms with van der Waals surface area (Å²) in [4.78, 5) is 0. The number of rotatable bonds is 8. The normalized spacial score (nSPS) is 19.9. The average Bonchev–Trinajstić information content (AvgIpc) is 2.35. The van der Waals surface area contributed by atoms with Crippen LogP contribution in [0.4, 0.5) is 0 Å². The van der Waals surface area contributed by atoms with Gasteiger partial charge < -0.3 is 10.1 Å². The first-order chi connectivity index (χ1) is 7.86. The molecule has 0 aromatic rings. The zero-order chi connectivity index (χ0) is 11.6. The Kier molecular flexibility index (Phi) is 7.87. The minimum atomic E-state index is 0.563. The van der Waals surface area contributed by atoms with Gasteiger partial charge in [0, 0.05) is 12.6 Å². The molecule has 16 heavy (non-hydrogen) atoms. The predicted molar refractivity (Wildman–Crippen MR) is 69.8 cm³/mol. The van der Waals surface area contributed by atoms with Gasteiger partial charge in [-0.1, -0.05) is 39.0 Å². The van der Waals surface area contributed by atoms with Crippen LogP contribution in [-0.4, -0.2) is 26.3 Å². The van der Waals surface area contributed by atoms with Crippen LogP contribution in [0, 0.1) is 5.92 Å². The largest absolute Gasteiger partial charge is 0.380 e. The van der Waals surface area contributed by atoms with Gasteiger partial charge in [-0.25, -0.2) is 0 Å². The molecule has 1 aliphatic carbocycles. The SMILES string of the molecule is CCCOCC(CCC1CCCCC1)NC. The van der Waals surface area contributed by atoms with Gasteiger partial charge in [0.05, 0.1) is 6.61 Å². The molecule has 0 aliphatic heterocycles. The average molecular weight is 227 g/mol. The van der Waals surface area contributed by atoms with E-state index in [4.69, 9.17) is 4.74 Å². The fourth-order valence-electron chi connectivity index (χ4n) is 2.59. The van der Waals surface area contributed by atoms with Gasteiger partial charge in [-0.3, -0.25) is 0 Å². The Balaban J connectivity index is 2.07. The van der Waals surface area contributed by atoms with E-state index in [0.29, 0.717) is 6.04 Å². The second-order valence-electron chi connectivity index (χ2n) is 5.14. The molecule has 1 rings (SSSR count). The van der Waals surface area contributed by atoms with Crippen LogP contribution >= 0.6 is 0 Å². The van der Waals surface area contributed by atoms with Gasteiger partial charge in [0.2, 0.25) is 0 Å². The molecule has 0 spiro atoms. The second kappa shape index (κ2) is 9.00. The first-order valence-electron chi connectivity index (χ1n) is 7.11. The summed E-state index contributed by atoms with van der Waals surface area (Å²) in [5.74, 6) is 0.996. The van der Waals surface area contributed by atoms with E-state index in [1.807, 2.05) is 0 Å². The molecule has 1 aliphatic rings. The van der Waals surface area contributed by atoms with Crippen molar-refractivity contribution in [2.24, 2.45) is 5.92 Å². The van der Waals surface area contributed by atoms with Gasteiger partial charge in [-0.2, -0.15) is 0 Å². The Hall–Kier alpha value is -0.0800. The van der Waals surface area contributed by atoms with E-state index in [1.165, 1.54) is 44.9 Å². The standard InChI is InChI=1S/C14H29NO/c1-3-11-16-12-14(15-2)10-9-13-7-5-4-6-8-13/h13-15H,3-12H2,1-2H3. The Morgan fingerprint density at radius 3 is 2.62 bits per heavy atom. The van der Waals surface area contributed by atoms with Crippen LogP contribution in [0.3, 0.4) is 0 Å². The van der Waals surface area contributed by atoms with Crippen molar-refractivity contribution < 1.29 is 4.74 Å². The fraction of sp³-hybridized carbons (Fsp3) is 1.00. The molecule has 1 N–H and O–H groups in total. The molecule has 1 atom stereocenters. The molecular formula is C14H29NO. The first-order valence-corrected chi connectivity index (χ1v) is 7.11. The maximum atomic E-state index is 5.61. The van der Waals surface area contributed by atoms with Gasteiger partial charge in [-0.15, -0.1) is 0 Å². The second-order valence-corrected chi connectivity index (χ2v) is 5.14. The van der Waals surface area contributed by atoms with Crippen molar-refractivity contribution in [2.45, 2.75) is 64.3 Å². The lowest BCUT2D eigenvalue weighted by Gasteiger charge is -2.24. The first kappa shape index (κ1) is 14.0. The Labute approximate surface area is 101 Å². The highest BCUT2D eigenvalue weighted by Crippen LogP contribution is 2.27. The fourth-order valence-corrected chi connectivity index (χ4v) is 2.59. The Morgan fingerprint density at radius 2 is 2.00 bits per heavy atom. The van der Waals surface area contributed by atoms with Crippen LogP contribution in [0.15, 0.2) is 0 Å². The van der Waals surface area contributed by atoms with E-state index in [9.17, 15) is 0 Å². The zero-order valence-electron chi connectivity index (χ0n) is 11.1. The van der Waals surface area contributed by atoms with E-state index in [1.54, 1.807) is 0 Å². The molecule has 0 heterocycles. The molecule has 0 bridgehead atoms. The molecule has 0 saturated heterocycles. The summed E-state index contributed by atoms with van der Waals surface area (Å²) >= 11 is 0. The maximum Gasteiger partial charge on any atom is 0.0619 e. The third-order valence-corrected chi connectivity index (χ3v) is 3.72. The molecule has 1 saturated carbocycles. The van der Waals surface area contributed by atoms with Crippen molar-refractivity contribution in [1.29, 1.82) is 0 Å². The van der Waals surface area contributed by atoms with Crippen molar-refractivity contribution in [3.05, 3.63) is 0 Å². The molecule has 0 amide bonds. The molecule has 0 radical (unpaired) electrons. The van der Waals surface area contributed by atoms with E-state index in [2.05, 4.69) is 19.3 Å². The maximum absolute atomic E-state index is 5.61. The summed E-state index contributed by atoms with van der Waals surface area (Å²) in [5.41, 5.74) is 0. The third-order valence-electron chi connectivity index (χ3n) is 3.72. The quantitative estimate of drug-likeness (QED) is 0.642. The lowest BCUT2D eigenvalue weighted by Crippen LogP contribution is -2.31. The van der Waals surface area contributed by atoms with Crippen LogP contribution in [0.2, 0.25) is 0 Å². The van der Waals surface area contributed by atoms with Gasteiger partial charge in [0.15, 0.2) is 0 Å². The smallest absolute Gasteiger partial charge is 0.0619 e. The van der Waals surface area contributed by atoms with Gasteiger partial charge in [-0.05, 0) is 32.2 Å². The van der Waals surface area contributed by atoms with Crippen molar-refractivity contribution in [1.82, 2.24) is 5.32 Å². The third kappa shape index (κ3) is 5.86. The van der Waals surface area contributed by atoms with Gasteiger partial charge >= 0.3 is 0 Å². The highest BCUT2D eigenvalue weighted by atomic mass is 16.5. The zero-order valence-corrected chi connectivity index (χ0v) is 11.1. The van der Waals surface area contributed by atoms with Crippen molar-refractivity contribution in [3.63, 3.8) is 0 Å². The number of hydrogen-bond donors (Lipinski definition) is 1. The predicted octanol–water partition coefficient (Wildman–Crippen LogP) is 3.36. The minimum absolute atomic E-state index is 0.563. The minimum Gasteiger partial charge on any atom is -0.380 e. The Bertz CT molecular complexity index is 155. The number of ether oxygens (including phenoxy) is 1. The van der Waals surface area contributed by atoms with Crippen LogP contribution in [0.1, 0.15) is 58.3 Å². The van der Waals surface area contributed by atoms with Crippen molar-refractivity contribution in [2.75, 3.05) is 20.3 Å². The highest BCUT2D eigenvalue weighted by Gasteiger charge is 2.15. The molecule has 1 fully saturated rings. The van der Waals surface area contributed by atoms with Crippen LogP contribution in [0.25, 0.3) is 0 Å². The van der Waals surface area contributed by atoms with E-state index in [0.717, 1.165) is 25.6 Å². The molecule has 2 nitrogen and oxygen atoms in total. The molecule has 0 aromatic carbocycles. The molecule has 0 aromatic heterocycles. The van der Waals surface area contributed by atoms with E-state index < -0.39 is 0 Å². The van der Waals surface area contributed by atoms with E-state index >= 15 is 0 Å². The van der Waals surface area contributed by atoms with Gasteiger partial charge in [0.1, 0.15) is 0 Å². The van der Waals surface area contributed by atoms with E-state index in [-0.39, 0.29) is 0 Å². The summed E-state index contributed by atoms with van der Waals surface area (Å²) in [6, 6.07) is 0.563. The number of nitrogens with one attached hydrogen (secondary N) is 1. The van der Waals surface area contributed by atoms with Crippen LogP contribution < -0.4 is 5.32 Å². The topological polar surface area (TPSA) is 21.3 Å². The lowest BCUT2D eigenvalue weighted by atomic mass is 9.85. The summed E-state index contributed by atoms with van der Waals surface area (Å²) in [7, 11) is 2.06. The van der Waals surface area contributed by atoms with Crippen LogP contribution in [0.5, 0.6) is 0 Å². The number of hydrogen-bond acceptors (Lipinski definition) is 2. The van der Waals surface area contributed by atoms with Crippen LogP contribution in [-0.2, 0) is 4.74 Å². The molecule has 96 valence electrons. The summed E-state index contributed by atoms with van der Waals surface area (Å²) in [6.45, 7) is 3.95. The highest BCUT2D eigenvalue weighted by molar-refractivity contribution is 4.70. The monoisotopic (exact) mass is 227 g/mol. The number of likely N-dealkylation sites (N-methyl/N-ethyl adjacent to an activating group) is 1. The van der Waals surface area contributed by atoms with Gasteiger partial charge in [0.25, 0.3) is 0 Å². The Morgan fingerprint density at radius 1 is 1.25 bits per heavy atom. The summed E-state index contributed by atoms with van der Waals surface area (Å²) < 4.78 is 5.61. The van der Waals surface area contributed by atoms with Crippen molar-refractivity contribution >= 4 is 0 Å². The summed E-state index contributed by atoms with van der Waals surface area (Å²) in [5, 5.41) is 3.38. The molecule has 2 heteroatoms.